The maximum atomic E-state index is 14.6. The predicted molar refractivity (Wildman–Crippen MR) is 161 cm³/mol. The van der Waals surface area contributed by atoms with Crippen molar-refractivity contribution >= 4 is 17.2 Å². The van der Waals surface area contributed by atoms with Crippen LogP contribution in [0.5, 0.6) is 5.88 Å². The fourth-order valence-corrected chi connectivity index (χ4v) is 5.22. The highest BCUT2D eigenvalue weighted by Crippen LogP contribution is 2.23. The molecule has 5 aromatic rings. The zero-order valence-electron chi connectivity index (χ0n) is 23.9. The maximum absolute atomic E-state index is 14.6. The molecule has 8 nitrogen and oxygen atoms in total. The van der Waals surface area contributed by atoms with Gasteiger partial charge in [-0.15, -0.1) is 0 Å². The molecule has 1 aliphatic rings. The summed E-state index contributed by atoms with van der Waals surface area (Å²) in [5, 5.41) is 5.74. The minimum atomic E-state index is -0.917. The number of ether oxygens (including phenoxy) is 1. The lowest BCUT2D eigenvalue weighted by Crippen LogP contribution is -2.25. The summed E-state index contributed by atoms with van der Waals surface area (Å²) in [5.41, 5.74) is 3.83. The maximum Gasteiger partial charge on any atom is 0.274 e. The molecule has 2 N–H and O–H groups in total. The van der Waals surface area contributed by atoms with Gasteiger partial charge in [-0.3, -0.25) is 14.1 Å². The van der Waals surface area contributed by atoms with Crippen molar-refractivity contribution in [3.8, 4) is 17.0 Å². The molecule has 4 heterocycles. The van der Waals surface area contributed by atoms with E-state index in [9.17, 15) is 18.0 Å². The average Bonchev–Trinajstić information content (AvgIpc) is 3.71. The Labute approximate surface area is 252 Å². The van der Waals surface area contributed by atoms with E-state index >= 15 is 0 Å². The van der Waals surface area contributed by atoms with Crippen LogP contribution in [-0.4, -0.2) is 51.4 Å². The van der Waals surface area contributed by atoms with E-state index in [1.807, 2.05) is 24.3 Å². The molecule has 1 saturated heterocycles. The van der Waals surface area contributed by atoms with Crippen LogP contribution >= 0.6 is 0 Å². The van der Waals surface area contributed by atoms with Crippen LogP contribution in [0, 0.1) is 17.5 Å². The van der Waals surface area contributed by atoms with Crippen molar-refractivity contribution in [2.24, 2.45) is 0 Å². The highest BCUT2D eigenvalue weighted by Gasteiger charge is 2.16. The third kappa shape index (κ3) is 6.90. The number of rotatable bonds is 11. The first kappa shape index (κ1) is 29.3. The number of hydrogen-bond acceptors (Lipinski definition) is 6. The fourth-order valence-electron chi connectivity index (χ4n) is 5.22. The topological polar surface area (TPSA) is 83.8 Å². The Balaban J connectivity index is 1.07. The van der Waals surface area contributed by atoms with Gasteiger partial charge in [0, 0.05) is 43.7 Å². The molecule has 6 rings (SSSR count). The van der Waals surface area contributed by atoms with Crippen LogP contribution in [0.15, 0.2) is 79.3 Å². The number of benzene rings is 2. The number of halogens is 3. The zero-order chi connectivity index (χ0) is 30.5. The Hall–Kier alpha value is -4.74. The lowest BCUT2D eigenvalue weighted by molar-refractivity contribution is 0.102. The zero-order valence-corrected chi connectivity index (χ0v) is 23.9. The first-order chi connectivity index (χ1) is 21.4. The number of likely N-dealkylation sites (tertiary alicyclic amines) is 1. The molecule has 0 atom stereocenters. The Bertz CT molecular complexity index is 1770. The lowest BCUT2D eigenvalue weighted by Gasteiger charge is -2.14. The molecule has 3 aromatic heterocycles. The van der Waals surface area contributed by atoms with E-state index in [-0.39, 0.29) is 17.9 Å². The van der Waals surface area contributed by atoms with Crippen LogP contribution in [0.3, 0.4) is 0 Å². The Morgan fingerprint density at radius 2 is 1.59 bits per heavy atom. The van der Waals surface area contributed by atoms with Gasteiger partial charge < -0.3 is 15.4 Å². The van der Waals surface area contributed by atoms with Crippen molar-refractivity contribution in [2.75, 3.05) is 31.6 Å². The molecular formula is C33H31F3N6O2. The number of carbonyl (C=O) groups excluding carboxylic acids is 1. The van der Waals surface area contributed by atoms with E-state index in [1.165, 1.54) is 37.2 Å². The molecule has 226 valence electrons. The second-order valence-electron chi connectivity index (χ2n) is 10.7. The lowest BCUT2D eigenvalue weighted by atomic mass is 10.1. The summed E-state index contributed by atoms with van der Waals surface area (Å²) in [4.78, 5) is 24.3. The Morgan fingerprint density at radius 1 is 0.818 bits per heavy atom. The average molecular weight is 601 g/mol. The summed E-state index contributed by atoms with van der Waals surface area (Å²) in [6.45, 7) is 4.36. The van der Waals surface area contributed by atoms with Crippen molar-refractivity contribution in [3.05, 3.63) is 114 Å². The van der Waals surface area contributed by atoms with Crippen LogP contribution < -0.4 is 15.4 Å². The Kier molecular flexibility index (Phi) is 8.85. The number of carbonyl (C=O) groups is 1. The summed E-state index contributed by atoms with van der Waals surface area (Å²) in [5.74, 6) is -2.36. The molecule has 1 fully saturated rings. The summed E-state index contributed by atoms with van der Waals surface area (Å²) < 4.78 is 48.6. The summed E-state index contributed by atoms with van der Waals surface area (Å²) in [6, 6.07) is 15.5. The molecule has 11 heteroatoms. The van der Waals surface area contributed by atoms with Gasteiger partial charge in [0.05, 0.1) is 11.9 Å². The van der Waals surface area contributed by atoms with Gasteiger partial charge in [-0.05, 0) is 85.1 Å². The molecule has 44 heavy (non-hydrogen) atoms. The second kappa shape index (κ2) is 13.3. The Morgan fingerprint density at radius 3 is 2.34 bits per heavy atom. The normalized spacial score (nSPS) is 13.4. The van der Waals surface area contributed by atoms with Crippen LogP contribution in [-0.2, 0) is 13.1 Å². The van der Waals surface area contributed by atoms with Crippen LogP contribution in [0.1, 0.15) is 34.5 Å². The molecule has 0 bridgehead atoms. The van der Waals surface area contributed by atoms with Crippen LogP contribution in [0.25, 0.3) is 16.8 Å². The molecule has 0 aliphatic carbocycles. The fraction of sp³-hybridized carbons (Fsp3) is 0.242. The molecule has 0 unspecified atom stereocenters. The van der Waals surface area contributed by atoms with Gasteiger partial charge in [0.2, 0.25) is 5.88 Å². The van der Waals surface area contributed by atoms with Gasteiger partial charge in [0.25, 0.3) is 5.91 Å². The van der Waals surface area contributed by atoms with Gasteiger partial charge in [0.15, 0.2) is 11.6 Å². The van der Waals surface area contributed by atoms with Crippen molar-refractivity contribution in [3.63, 3.8) is 0 Å². The first-order valence-corrected chi connectivity index (χ1v) is 14.5. The van der Waals surface area contributed by atoms with Crippen molar-refractivity contribution < 1.29 is 22.7 Å². The quantitative estimate of drug-likeness (QED) is 0.199. The van der Waals surface area contributed by atoms with E-state index in [0.29, 0.717) is 35.8 Å². The summed E-state index contributed by atoms with van der Waals surface area (Å²) >= 11 is 0. The van der Waals surface area contributed by atoms with Crippen molar-refractivity contribution in [1.82, 2.24) is 24.6 Å². The van der Waals surface area contributed by atoms with E-state index < -0.39 is 23.4 Å². The third-order valence-corrected chi connectivity index (χ3v) is 7.59. The molecule has 1 amide bonds. The summed E-state index contributed by atoms with van der Waals surface area (Å²) in [6.07, 6.45) is 7.42. The largest absolute Gasteiger partial charge is 0.476 e. The van der Waals surface area contributed by atoms with E-state index in [2.05, 4.69) is 25.5 Å². The molecule has 2 aromatic carbocycles. The number of anilines is 1. The molecular weight excluding hydrogens is 569 g/mol. The van der Waals surface area contributed by atoms with Gasteiger partial charge in [-0.1, -0.05) is 12.1 Å². The third-order valence-electron chi connectivity index (χ3n) is 7.59. The van der Waals surface area contributed by atoms with Gasteiger partial charge in [-0.2, -0.15) is 0 Å². The number of hydrogen-bond donors (Lipinski definition) is 2. The summed E-state index contributed by atoms with van der Waals surface area (Å²) in [7, 11) is 0. The van der Waals surface area contributed by atoms with Crippen molar-refractivity contribution in [1.29, 1.82) is 0 Å². The molecule has 0 radical (unpaired) electrons. The monoisotopic (exact) mass is 600 g/mol. The second-order valence-corrected chi connectivity index (χ2v) is 10.7. The minimum Gasteiger partial charge on any atom is -0.476 e. The molecule has 0 spiro atoms. The van der Waals surface area contributed by atoms with Crippen LogP contribution in [0.2, 0.25) is 0 Å². The number of nitrogens with one attached hydrogen (secondary N) is 2. The smallest absolute Gasteiger partial charge is 0.274 e. The highest BCUT2D eigenvalue weighted by atomic mass is 19.2. The number of nitrogens with zero attached hydrogens (tertiary/aromatic N) is 4. The SMILES string of the molecule is O=C(Nc1cc(CNCc2ccc(F)c(F)c2)ccc1F)c1cnc2cc(-c3ccc(OCCN4CCCC4)nc3)ccn12. The number of fused-ring (bicyclic) bond motifs is 1. The highest BCUT2D eigenvalue weighted by molar-refractivity contribution is 6.03. The minimum absolute atomic E-state index is 0.0162. The number of amides is 1. The molecule has 0 saturated carbocycles. The standard InChI is InChI=1S/C33H31F3N6O2/c34-26-6-3-22(15-28(26)36)18-37-19-23-4-7-27(35)29(16-23)40-33(43)30-21-38-31-17-24(9-12-42(30)31)25-5-8-32(39-20-25)44-14-13-41-10-1-2-11-41/h3-9,12,15-17,20-21,37H,1-2,10-11,13-14,18-19H2,(H,40,43). The van der Waals surface area contributed by atoms with E-state index in [1.54, 1.807) is 22.9 Å². The number of aromatic nitrogens is 3. The van der Waals surface area contributed by atoms with Crippen molar-refractivity contribution in [2.45, 2.75) is 25.9 Å². The molecule has 1 aliphatic heterocycles. The number of imidazole rings is 1. The first-order valence-electron chi connectivity index (χ1n) is 14.5. The van der Waals surface area contributed by atoms with E-state index in [4.69, 9.17) is 4.74 Å². The van der Waals surface area contributed by atoms with E-state index in [0.717, 1.165) is 42.9 Å². The predicted octanol–water partition coefficient (Wildman–Crippen LogP) is 5.83. The van der Waals surface area contributed by atoms with Gasteiger partial charge in [-0.25, -0.2) is 23.1 Å². The van der Waals surface area contributed by atoms with Crippen LogP contribution in [0.4, 0.5) is 18.9 Å². The van der Waals surface area contributed by atoms with Gasteiger partial charge in [0.1, 0.15) is 23.8 Å². The van der Waals surface area contributed by atoms with Gasteiger partial charge >= 0.3 is 0 Å². The number of pyridine rings is 2.